The Hall–Kier alpha value is -2.84. The van der Waals surface area contributed by atoms with E-state index in [0.717, 1.165) is 36.8 Å². The molecule has 2 atom stereocenters. The van der Waals surface area contributed by atoms with Gasteiger partial charge < -0.3 is 24.3 Å². The predicted molar refractivity (Wildman–Crippen MR) is 138 cm³/mol. The van der Waals surface area contributed by atoms with Crippen molar-refractivity contribution in [1.29, 1.82) is 0 Å². The van der Waals surface area contributed by atoms with Crippen LogP contribution in [0.4, 0.5) is 0 Å². The maximum Gasteiger partial charge on any atom is 0.361 e. The van der Waals surface area contributed by atoms with Gasteiger partial charge in [0, 0.05) is 27.0 Å². The molecule has 2 aromatic carbocycles. The van der Waals surface area contributed by atoms with Crippen molar-refractivity contribution >= 4 is 19.3 Å². The van der Waals surface area contributed by atoms with E-state index in [0.29, 0.717) is 36.5 Å². The largest absolute Gasteiger partial charge is 0.493 e. The van der Waals surface area contributed by atoms with Crippen molar-refractivity contribution < 1.29 is 23.7 Å². The van der Waals surface area contributed by atoms with Gasteiger partial charge in [0.25, 0.3) is 0 Å². The molecule has 0 aliphatic carbocycles. The lowest BCUT2D eigenvalue weighted by Crippen LogP contribution is -2.53. The Morgan fingerprint density at radius 2 is 1.83 bits per heavy atom. The minimum absolute atomic E-state index is 0.0798. The molecule has 0 saturated heterocycles. The predicted octanol–water partition coefficient (Wildman–Crippen LogP) is 3.82. The van der Waals surface area contributed by atoms with Crippen molar-refractivity contribution in [3.8, 4) is 17.2 Å². The molecule has 2 aromatic rings. The first-order valence-corrected chi connectivity index (χ1v) is 12.4. The van der Waals surface area contributed by atoms with Gasteiger partial charge in [0.05, 0.1) is 19.2 Å². The Balaban J connectivity index is 1.98. The number of rotatable bonds is 10. The number of carbonyl (C=O) groups excluding carboxylic acids is 2. The van der Waals surface area contributed by atoms with E-state index in [4.69, 9.17) is 14.1 Å². The van der Waals surface area contributed by atoms with Crippen LogP contribution in [0.15, 0.2) is 42.5 Å². The number of amides is 1. The molecule has 2 heterocycles. The molecule has 35 heavy (non-hydrogen) atoms. The fraction of sp³-hybridized carbons (Fsp3) is 0.481. The Morgan fingerprint density at radius 3 is 2.51 bits per heavy atom. The number of nitrogens with zero attached hydrogens (tertiary/aromatic N) is 1. The van der Waals surface area contributed by atoms with Gasteiger partial charge in [-0.2, -0.15) is 0 Å². The summed E-state index contributed by atoms with van der Waals surface area (Å²) >= 11 is 0. The highest BCUT2D eigenvalue weighted by Gasteiger charge is 2.31. The third-order valence-corrected chi connectivity index (χ3v) is 6.48. The van der Waals surface area contributed by atoms with Crippen LogP contribution in [0.25, 0.3) is 0 Å². The zero-order chi connectivity index (χ0) is 25.2. The van der Waals surface area contributed by atoms with Crippen molar-refractivity contribution in [1.82, 2.24) is 10.1 Å². The lowest BCUT2D eigenvalue weighted by molar-refractivity contribution is -0.139. The Kier molecular flexibility index (Phi) is 10.2. The fourth-order valence-corrected chi connectivity index (χ4v) is 4.40. The van der Waals surface area contributed by atoms with Crippen LogP contribution in [0.3, 0.4) is 0 Å². The van der Waals surface area contributed by atoms with E-state index in [9.17, 15) is 9.59 Å². The summed E-state index contributed by atoms with van der Waals surface area (Å²) in [5, 5.41) is 3.19. The number of ketones is 1. The quantitative estimate of drug-likeness (QED) is 0.412. The molecule has 0 radical (unpaired) electrons. The second kappa shape index (κ2) is 13.3. The molecule has 0 saturated carbocycles. The number of methoxy groups -OCH3 is 1. The van der Waals surface area contributed by atoms with Gasteiger partial charge in [0.15, 0.2) is 17.3 Å². The first-order chi connectivity index (χ1) is 17.0. The smallest absolute Gasteiger partial charge is 0.361 e. The lowest BCUT2D eigenvalue weighted by atomic mass is 9.95. The molecule has 2 aliphatic rings. The summed E-state index contributed by atoms with van der Waals surface area (Å²) in [6.07, 6.45) is 5.40. The molecule has 0 fully saturated rings. The highest BCUT2D eigenvalue weighted by atomic mass is 16.5. The zero-order valence-corrected chi connectivity index (χ0v) is 21.3. The maximum absolute atomic E-state index is 13.7. The number of carbonyl (C=O) groups is 2. The number of unbranched alkanes of at least 4 members (excludes halogenated alkanes) is 3. The Labute approximate surface area is 209 Å². The number of benzene rings is 2. The van der Waals surface area contributed by atoms with Crippen molar-refractivity contribution in [3.63, 3.8) is 0 Å². The first kappa shape index (κ1) is 26.8. The Morgan fingerprint density at radius 1 is 1.09 bits per heavy atom. The van der Waals surface area contributed by atoms with E-state index in [1.807, 2.05) is 42.5 Å². The number of Topliss-reactive ketones (excluding diaryl/α,β-unsaturated/α-hetero) is 1. The number of fused-ring (bicyclic) bond motifs is 7. The minimum Gasteiger partial charge on any atom is -0.493 e. The van der Waals surface area contributed by atoms with Gasteiger partial charge in [-0.05, 0) is 48.2 Å². The van der Waals surface area contributed by atoms with Crippen LogP contribution in [0.1, 0.15) is 50.2 Å². The molecule has 1 N–H and O–H groups in total. The van der Waals surface area contributed by atoms with Crippen LogP contribution in [-0.4, -0.2) is 57.6 Å². The van der Waals surface area contributed by atoms with E-state index in [1.54, 1.807) is 26.2 Å². The second-order valence-corrected chi connectivity index (χ2v) is 9.07. The summed E-state index contributed by atoms with van der Waals surface area (Å²) in [7, 11) is 5.16. The van der Waals surface area contributed by atoms with E-state index < -0.39 is 12.1 Å². The van der Waals surface area contributed by atoms with Crippen LogP contribution >= 0.6 is 0 Å². The number of hydrogen-bond donors (Lipinski definition) is 1. The molecular formula is C27H37BN2O5. The Bertz CT molecular complexity index is 982. The van der Waals surface area contributed by atoms with E-state index >= 15 is 0 Å². The van der Waals surface area contributed by atoms with Gasteiger partial charge in [-0.15, -0.1) is 0 Å². The zero-order valence-electron chi connectivity index (χ0n) is 21.3. The number of hydrogen-bond acceptors (Lipinski definition) is 6. The van der Waals surface area contributed by atoms with Crippen molar-refractivity contribution in [3.05, 3.63) is 53.6 Å². The van der Waals surface area contributed by atoms with E-state index in [2.05, 4.69) is 12.2 Å². The third-order valence-electron chi connectivity index (χ3n) is 6.48. The van der Waals surface area contributed by atoms with Gasteiger partial charge in [0.2, 0.25) is 5.91 Å². The molecule has 4 rings (SSSR count). The standard InChI is InChI=1S/C27H37BN2O5/c1-5-6-7-8-9-24(31)23-17-20-12-15-25(33-3)26(18-20)35-21-13-10-19(11-14-21)16-22(29-28-34-4)27(32)30(23)2/h10-15,18,22-23,28-29H,5-9,16-17H2,1-4H3/t22-,23-/m0/s1. The molecule has 4 bridgehead atoms. The number of ether oxygens (including phenoxy) is 2. The highest BCUT2D eigenvalue weighted by molar-refractivity contribution is 6.24. The van der Waals surface area contributed by atoms with Crippen LogP contribution in [0.2, 0.25) is 0 Å². The SMILES string of the molecule is CCCCCCC(=O)[C@@H]1Cc2ccc(OC)c(c2)Oc2ccc(cc2)C[C@H](NBOC)C(=O)N1C. The van der Waals surface area contributed by atoms with Crippen molar-refractivity contribution in [2.24, 2.45) is 0 Å². The molecule has 0 aromatic heterocycles. The topological polar surface area (TPSA) is 77.1 Å². The van der Waals surface area contributed by atoms with Crippen LogP contribution in [0.5, 0.6) is 17.2 Å². The van der Waals surface area contributed by atoms with Gasteiger partial charge in [-0.25, -0.2) is 0 Å². The fourth-order valence-electron chi connectivity index (χ4n) is 4.40. The summed E-state index contributed by atoms with van der Waals surface area (Å²) in [6, 6.07) is 12.3. The third kappa shape index (κ3) is 7.32. The average Bonchev–Trinajstić information content (AvgIpc) is 2.87. The van der Waals surface area contributed by atoms with Gasteiger partial charge in [0.1, 0.15) is 5.75 Å². The minimum atomic E-state index is -0.568. The number of nitrogens with one attached hydrogen (secondary N) is 1. The normalized spacial score (nSPS) is 18.1. The molecule has 1 amide bonds. The maximum atomic E-state index is 13.7. The molecule has 188 valence electrons. The average molecular weight is 480 g/mol. The van der Waals surface area contributed by atoms with Crippen LogP contribution in [-0.2, 0) is 27.1 Å². The van der Waals surface area contributed by atoms with E-state index in [1.165, 1.54) is 0 Å². The van der Waals surface area contributed by atoms with Crippen molar-refractivity contribution in [2.75, 3.05) is 21.3 Å². The summed E-state index contributed by atoms with van der Waals surface area (Å²) in [5.74, 6) is 1.82. The first-order valence-electron chi connectivity index (χ1n) is 12.4. The van der Waals surface area contributed by atoms with Crippen LogP contribution in [0, 0.1) is 0 Å². The van der Waals surface area contributed by atoms with E-state index in [-0.39, 0.29) is 19.3 Å². The molecule has 7 nitrogen and oxygen atoms in total. The number of likely N-dealkylation sites (N-methyl/N-ethyl adjacent to an activating group) is 1. The van der Waals surface area contributed by atoms with Gasteiger partial charge >= 0.3 is 7.62 Å². The van der Waals surface area contributed by atoms with Crippen LogP contribution < -0.4 is 14.7 Å². The molecule has 2 aliphatic heterocycles. The summed E-state index contributed by atoms with van der Waals surface area (Å²) in [5.41, 5.74) is 1.88. The summed E-state index contributed by atoms with van der Waals surface area (Å²) < 4.78 is 16.8. The molecular weight excluding hydrogens is 443 g/mol. The lowest BCUT2D eigenvalue weighted by Gasteiger charge is -2.31. The summed E-state index contributed by atoms with van der Waals surface area (Å²) in [4.78, 5) is 28.7. The molecule has 8 heteroatoms. The molecule has 0 unspecified atom stereocenters. The summed E-state index contributed by atoms with van der Waals surface area (Å²) in [6.45, 7) is 2.15. The highest BCUT2D eigenvalue weighted by Crippen LogP contribution is 2.33. The molecule has 0 spiro atoms. The van der Waals surface area contributed by atoms with Gasteiger partial charge in [-0.3, -0.25) is 9.59 Å². The van der Waals surface area contributed by atoms with Crippen molar-refractivity contribution in [2.45, 2.75) is 64.0 Å². The monoisotopic (exact) mass is 480 g/mol. The second-order valence-electron chi connectivity index (χ2n) is 9.07. The van der Waals surface area contributed by atoms with Gasteiger partial charge in [-0.1, -0.05) is 44.4 Å².